The third kappa shape index (κ3) is 6.06. The van der Waals surface area contributed by atoms with Gasteiger partial charge in [-0.25, -0.2) is 4.42 Å². The van der Waals surface area contributed by atoms with Crippen LogP contribution in [0.5, 0.6) is 0 Å². The van der Waals surface area contributed by atoms with Crippen LogP contribution in [-0.2, 0) is 6.42 Å². The van der Waals surface area contributed by atoms with Crippen molar-refractivity contribution in [1.29, 1.82) is 0 Å². The van der Waals surface area contributed by atoms with Gasteiger partial charge in [0.25, 0.3) is 0 Å². The van der Waals surface area contributed by atoms with Crippen LogP contribution < -0.4 is 0 Å². The van der Waals surface area contributed by atoms with Gasteiger partial charge in [0.1, 0.15) is 0 Å². The van der Waals surface area contributed by atoms with Crippen molar-refractivity contribution in [2.24, 2.45) is 0 Å². The van der Waals surface area contributed by atoms with Crippen molar-refractivity contribution in [2.45, 2.75) is 25.8 Å². The Morgan fingerprint density at radius 1 is 1.12 bits per heavy atom. The second kappa shape index (κ2) is 7.70. The lowest BCUT2D eigenvalue weighted by molar-refractivity contribution is 0.319. The zero-order chi connectivity index (χ0) is 12.7. The molecule has 0 amide bonds. The molecular formula is C14H23ClN2. The minimum absolute atomic E-state index is 0.376. The first-order valence-corrected chi connectivity index (χ1v) is 6.54. The van der Waals surface area contributed by atoms with Gasteiger partial charge < -0.3 is 4.90 Å². The second-order valence-electron chi connectivity index (χ2n) is 4.82. The van der Waals surface area contributed by atoms with Gasteiger partial charge in [-0.1, -0.05) is 30.3 Å². The molecule has 0 N–H and O–H groups in total. The topological polar surface area (TPSA) is 6.48 Å². The predicted octanol–water partition coefficient (Wildman–Crippen LogP) is 3.03. The Bertz CT molecular complexity index is 300. The van der Waals surface area contributed by atoms with E-state index in [0.29, 0.717) is 6.04 Å². The van der Waals surface area contributed by atoms with Crippen LogP contribution in [0.15, 0.2) is 30.3 Å². The lowest BCUT2D eigenvalue weighted by atomic mass is 10.1. The molecule has 0 radical (unpaired) electrons. The Morgan fingerprint density at radius 3 is 2.35 bits per heavy atom. The molecule has 0 aliphatic carbocycles. The first-order chi connectivity index (χ1) is 8.09. The van der Waals surface area contributed by atoms with E-state index in [-0.39, 0.29) is 0 Å². The van der Waals surface area contributed by atoms with Crippen molar-refractivity contribution in [2.75, 3.05) is 27.2 Å². The number of hydrogen-bond acceptors (Lipinski definition) is 2. The Hall–Kier alpha value is -0.570. The van der Waals surface area contributed by atoms with Crippen LogP contribution in [0.1, 0.15) is 18.9 Å². The maximum absolute atomic E-state index is 6.28. The lowest BCUT2D eigenvalue weighted by Crippen LogP contribution is -2.29. The molecule has 17 heavy (non-hydrogen) atoms. The summed E-state index contributed by atoms with van der Waals surface area (Å²) in [6, 6.07) is 10.9. The first-order valence-electron chi connectivity index (χ1n) is 6.20. The molecule has 0 heterocycles. The van der Waals surface area contributed by atoms with Crippen LogP contribution in [0.3, 0.4) is 0 Å². The zero-order valence-electron chi connectivity index (χ0n) is 11.1. The Kier molecular flexibility index (Phi) is 6.56. The molecule has 1 aromatic rings. The number of hydrogen-bond donors (Lipinski definition) is 0. The quantitative estimate of drug-likeness (QED) is 0.691. The summed E-state index contributed by atoms with van der Waals surface area (Å²) in [4.78, 5) is 2.19. The molecule has 0 aliphatic heterocycles. The average molecular weight is 255 g/mol. The monoisotopic (exact) mass is 254 g/mol. The van der Waals surface area contributed by atoms with Gasteiger partial charge in [0.05, 0.1) is 0 Å². The van der Waals surface area contributed by atoms with Crippen molar-refractivity contribution in [3.8, 4) is 0 Å². The first kappa shape index (κ1) is 14.5. The van der Waals surface area contributed by atoms with Crippen molar-refractivity contribution in [1.82, 2.24) is 9.32 Å². The number of benzene rings is 1. The fourth-order valence-electron chi connectivity index (χ4n) is 1.81. The molecule has 0 bridgehead atoms. The van der Waals surface area contributed by atoms with Gasteiger partial charge in [0, 0.05) is 12.6 Å². The molecule has 1 rings (SSSR count). The molecule has 0 saturated heterocycles. The molecule has 96 valence electrons. The van der Waals surface area contributed by atoms with Crippen LogP contribution in [0.2, 0.25) is 0 Å². The number of nitrogens with zero attached hydrogens (tertiary/aromatic N) is 2. The lowest BCUT2D eigenvalue weighted by Gasteiger charge is -2.22. The number of rotatable bonds is 7. The Labute approximate surface area is 110 Å². The van der Waals surface area contributed by atoms with E-state index in [1.54, 1.807) is 0 Å². The molecule has 3 heteroatoms. The van der Waals surface area contributed by atoms with Crippen LogP contribution >= 0.6 is 11.8 Å². The van der Waals surface area contributed by atoms with E-state index in [1.165, 1.54) is 5.56 Å². The second-order valence-corrected chi connectivity index (χ2v) is 5.25. The molecule has 1 unspecified atom stereocenters. The fraction of sp³-hybridized carbons (Fsp3) is 0.571. The average Bonchev–Trinajstić information content (AvgIpc) is 2.29. The van der Waals surface area contributed by atoms with E-state index in [9.17, 15) is 0 Å². The molecule has 1 aromatic carbocycles. The minimum Gasteiger partial charge on any atom is -0.309 e. The summed E-state index contributed by atoms with van der Waals surface area (Å²) in [7, 11) is 4.18. The summed E-state index contributed by atoms with van der Waals surface area (Å²) in [5.74, 6) is 0. The minimum atomic E-state index is 0.376. The smallest absolute Gasteiger partial charge is 0.0263 e. The van der Waals surface area contributed by atoms with E-state index < -0.39 is 0 Å². The van der Waals surface area contributed by atoms with Gasteiger partial charge in [-0.15, -0.1) is 0 Å². The molecule has 0 saturated carbocycles. The van der Waals surface area contributed by atoms with Gasteiger partial charge in [0.2, 0.25) is 0 Å². The maximum atomic E-state index is 6.28. The summed E-state index contributed by atoms with van der Waals surface area (Å²) in [6.45, 7) is 4.20. The van der Waals surface area contributed by atoms with Gasteiger partial charge >= 0.3 is 0 Å². The Morgan fingerprint density at radius 2 is 1.76 bits per heavy atom. The summed E-state index contributed by atoms with van der Waals surface area (Å²) >= 11 is 6.28. The highest BCUT2D eigenvalue weighted by Gasteiger charge is 2.11. The van der Waals surface area contributed by atoms with Crippen LogP contribution in [-0.4, -0.2) is 42.5 Å². The Balaban J connectivity index is 2.29. The van der Waals surface area contributed by atoms with Crippen LogP contribution in [0.25, 0.3) is 0 Å². The predicted molar refractivity (Wildman–Crippen MR) is 75.3 cm³/mol. The molecular weight excluding hydrogens is 232 g/mol. The molecule has 0 spiro atoms. The highest BCUT2D eigenvalue weighted by molar-refractivity contribution is 6.13. The van der Waals surface area contributed by atoms with Crippen molar-refractivity contribution in [3.63, 3.8) is 0 Å². The third-order valence-corrected chi connectivity index (χ3v) is 3.33. The standard InChI is InChI=1S/C14H23ClN2/c1-13(12-14-8-5-4-6-9-14)17(15)11-7-10-16(2)3/h4-6,8-9,13H,7,10-12H2,1-3H3. The van der Waals surface area contributed by atoms with E-state index in [4.69, 9.17) is 11.8 Å². The summed E-state index contributed by atoms with van der Waals surface area (Å²) in [5, 5.41) is 0. The highest BCUT2D eigenvalue weighted by atomic mass is 35.5. The maximum Gasteiger partial charge on any atom is 0.0263 e. The highest BCUT2D eigenvalue weighted by Crippen LogP contribution is 2.11. The molecule has 0 aliphatic rings. The third-order valence-electron chi connectivity index (χ3n) is 2.83. The summed E-state index contributed by atoms with van der Waals surface area (Å²) < 4.78 is 1.93. The van der Waals surface area contributed by atoms with Crippen LogP contribution in [0, 0.1) is 0 Å². The van der Waals surface area contributed by atoms with E-state index in [2.05, 4.69) is 50.2 Å². The van der Waals surface area contributed by atoms with Gasteiger partial charge in [-0.3, -0.25) is 0 Å². The van der Waals surface area contributed by atoms with Gasteiger partial charge in [0.15, 0.2) is 0 Å². The molecule has 0 fully saturated rings. The van der Waals surface area contributed by atoms with Crippen molar-refractivity contribution < 1.29 is 0 Å². The summed E-state index contributed by atoms with van der Waals surface area (Å²) in [6.07, 6.45) is 2.11. The van der Waals surface area contributed by atoms with E-state index in [1.807, 2.05) is 10.5 Å². The van der Waals surface area contributed by atoms with Gasteiger partial charge in [-0.05, 0) is 57.7 Å². The van der Waals surface area contributed by atoms with Crippen LogP contribution in [0.4, 0.5) is 0 Å². The number of halogens is 1. The van der Waals surface area contributed by atoms with E-state index in [0.717, 1.165) is 25.9 Å². The molecule has 2 nitrogen and oxygen atoms in total. The fourth-order valence-corrected chi connectivity index (χ4v) is 2.00. The summed E-state index contributed by atoms with van der Waals surface area (Å²) in [5.41, 5.74) is 1.35. The molecule has 0 aromatic heterocycles. The van der Waals surface area contributed by atoms with E-state index >= 15 is 0 Å². The normalized spacial score (nSPS) is 13.3. The zero-order valence-corrected chi connectivity index (χ0v) is 11.8. The largest absolute Gasteiger partial charge is 0.309 e. The van der Waals surface area contributed by atoms with Crippen molar-refractivity contribution in [3.05, 3.63) is 35.9 Å². The molecule has 1 atom stereocenters. The SMILES string of the molecule is CC(Cc1ccccc1)N(Cl)CCCN(C)C. The van der Waals surface area contributed by atoms with Crippen molar-refractivity contribution >= 4 is 11.8 Å². The van der Waals surface area contributed by atoms with Gasteiger partial charge in [-0.2, -0.15) is 0 Å².